The van der Waals surface area contributed by atoms with Crippen molar-refractivity contribution in [3.63, 3.8) is 0 Å². The molecule has 25 heavy (non-hydrogen) atoms. The van der Waals surface area contributed by atoms with Crippen LogP contribution in [0.4, 0.5) is 5.69 Å². The molecule has 0 unspecified atom stereocenters. The van der Waals surface area contributed by atoms with E-state index in [4.69, 9.17) is 9.47 Å². The SMILES string of the molecule is CCOC(=O)c1ccc(NC(=O)c2ccc(C(=O)OCC)cc2)cc1. The van der Waals surface area contributed by atoms with E-state index in [1.165, 1.54) is 12.1 Å². The minimum atomic E-state index is -0.427. The molecule has 0 aliphatic carbocycles. The van der Waals surface area contributed by atoms with Gasteiger partial charge in [-0.05, 0) is 62.4 Å². The van der Waals surface area contributed by atoms with Crippen LogP contribution in [0.2, 0.25) is 0 Å². The first-order chi connectivity index (χ1) is 12.0. The summed E-state index contributed by atoms with van der Waals surface area (Å²) in [5.41, 5.74) is 1.76. The lowest BCUT2D eigenvalue weighted by atomic mass is 10.1. The molecule has 6 heteroatoms. The second-order valence-electron chi connectivity index (χ2n) is 5.05. The summed E-state index contributed by atoms with van der Waals surface area (Å²) in [5.74, 6) is -1.15. The molecule has 0 aliphatic rings. The lowest BCUT2D eigenvalue weighted by Crippen LogP contribution is -2.13. The number of nitrogens with one attached hydrogen (secondary N) is 1. The molecule has 0 heterocycles. The Balaban J connectivity index is 2.02. The fourth-order valence-corrected chi connectivity index (χ4v) is 2.08. The number of amides is 1. The number of ether oxygens (including phenoxy) is 2. The Morgan fingerprint density at radius 2 is 1.12 bits per heavy atom. The Labute approximate surface area is 145 Å². The molecule has 0 fully saturated rings. The van der Waals surface area contributed by atoms with Crippen LogP contribution >= 0.6 is 0 Å². The summed E-state index contributed by atoms with van der Waals surface area (Å²) in [7, 11) is 0. The first-order valence-corrected chi connectivity index (χ1v) is 7.90. The van der Waals surface area contributed by atoms with E-state index in [1.54, 1.807) is 50.2 Å². The maximum Gasteiger partial charge on any atom is 0.338 e. The Bertz CT molecular complexity index is 750. The van der Waals surface area contributed by atoms with Gasteiger partial charge >= 0.3 is 11.9 Å². The third kappa shape index (κ3) is 4.91. The smallest absolute Gasteiger partial charge is 0.338 e. The minimum Gasteiger partial charge on any atom is -0.462 e. The van der Waals surface area contributed by atoms with Crippen LogP contribution in [0, 0.1) is 0 Å². The van der Waals surface area contributed by atoms with Crippen molar-refractivity contribution < 1.29 is 23.9 Å². The van der Waals surface area contributed by atoms with Gasteiger partial charge in [0.1, 0.15) is 0 Å². The van der Waals surface area contributed by atoms with Gasteiger partial charge in [-0.1, -0.05) is 0 Å². The van der Waals surface area contributed by atoms with Crippen molar-refractivity contribution in [2.75, 3.05) is 18.5 Å². The number of carbonyl (C=O) groups is 3. The number of rotatable bonds is 6. The van der Waals surface area contributed by atoms with E-state index in [9.17, 15) is 14.4 Å². The molecule has 0 spiro atoms. The second kappa shape index (κ2) is 8.63. The first-order valence-electron chi connectivity index (χ1n) is 7.90. The van der Waals surface area contributed by atoms with Crippen LogP contribution in [-0.4, -0.2) is 31.1 Å². The van der Waals surface area contributed by atoms with Crippen molar-refractivity contribution in [3.8, 4) is 0 Å². The number of hydrogen-bond acceptors (Lipinski definition) is 5. The molecule has 2 aromatic rings. The van der Waals surface area contributed by atoms with Crippen molar-refractivity contribution >= 4 is 23.5 Å². The summed E-state index contributed by atoms with van der Waals surface area (Å²) >= 11 is 0. The van der Waals surface area contributed by atoms with E-state index < -0.39 is 11.9 Å². The molecular formula is C19H19NO5. The Morgan fingerprint density at radius 1 is 0.720 bits per heavy atom. The summed E-state index contributed by atoms with van der Waals surface area (Å²) in [6, 6.07) is 12.6. The highest BCUT2D eigenvalue weighted by Gasteiger charge is 2.11. The average molecular weight is 341 g/mol. The number of carbonyl (C=O) groups excluding carboxylic acids is 3. The van der Waals surface area contributed by atoms with Gasteiger partial charge in [0, 0.05) is 11.3 Å². The van der Waals surface area contributed by atoms with Crippen molar-refractivity contribution in [1.82, 2.24) is 0 Å². The zero-order valence-corrected chi connectivity index (χ0v) is 14.1. The van der Waals surface area contributed by atoms with Crippen molar-refractivity contribution in [3.05, 3.63) is 65.2 Å². The van der Waals surface area contributed by atoms with Crippen LogP contribution in [0.15, 0.2) is 48.5 Å². The predicted molar refractivity (Wildman–Crippen MR) is 92.8 cm³/mol. The van der Waals surface area contributed by atoms with E-state index in [2.05, 4.69) is 5.32 Å². The fraction of sp³-hybridized carbons (Fsp3) is 0.211. The molecule has 1 amide bonds. The van der Waals surface area contributed by atoms with Gasteiger partial charge in [0.25, 0.3) is 5.91 Å². The number of hydrogen-bond donors (Lipinski definition) is 1. The summed E-state index contributed by atoms with van der Waals surface area (Å²) in [4.78, 5) is 35.4. The lowest BCUT2D eigenvalue weighted by Gasteiger charge is -2.07. The first kappa shape index (κ1) is 18.2. The van der Waals surface area contributed by atoms with Crippen molar-refractivity contribution in [2.45, 2.75) is 13.8 Å². The van der Waals surface area contributed by atoms with Gasteiger partial charge in [-0.15, -0.1) is 0 Å². The van der Waals surface area contributed by atoms with E-state index in [0.717, 1.165) is 0 Å². The van der Waals surface area contributed by atoms with E-state index in [-0.39, 0.29) is 5.91 Å². The molecule has 2 rings (SSSR count). The molecule has 0 saturated carbocycles. The summed E-state index contributed by atoms with van der Waals surface area (Å²) in [6.45, 7) is 4.06. The molecule has 1 N–H and O–H groups in total. The monoisotopic (exact) mass is 341 g/mol. The number of benzene rings is 2. The maximum absolute atomic E-state index is 12.2. The van der Waals surface area contributed by atoms with Crippen molar-refractivity contribution in [1.29, 1.82) is 0 Å². The second-order valence-corrected chi connectivity index (χ2v) is 5.05. The van der Waals surface area contributed by atoms with E-state index in [1.807, 2.05) is 0 Å². The van der Waals surface area contributed by atoms with Crippen molar-refractivity contribution in [2.24, 2.45) is 0 Å². The third-order valence-electron chi connectivity index (χ3n) is 3.31. The van der Waals surface area contributed by atoms with Crippen LogP contribution < -0.4 is 5.32 Å². The Hall–Kier alpha value is -3.15. The van der Waals surface area contributed by atoms with Crippen LogP contribution in [0.3, 0.4) is 0 Å². The molecule has 2 aromatic carbocycles. The molecule has 0 aromatic heterocycles. The molecule has 0 aliphatic heterocycles. The Morgan fingerprint density at radius 3 is 1.56 bits per heavy atom. The quantitative estimate of drug-likeness (QED) is 0.815. The van der Waals surface area contributed by atoms with E-state index >= 15 is 0 Å². The highest BCUT2D eigenvalue weighted by Crippen LogP contribution is 2.13. The van der Waals surface area contributed by atoms with E-state index in [0.29, 0.717) is 35.6 Å². The lowest BCUT2D eigenvalue weighted by molar-refractivity contribution is 0.0516. The van der Waals surface area contributed by atoms with Crippen LogP contribution in [0.25, 0.3) is 0 Å². The van der Waals surface area contributed by atoms with Gasteiger partial charge < -0.3 is 14.8 Å². The highest BCUT2D eigenvalue weighted by atomic mass is 16.5. The average Bonchev–Trinajstić information content (AvgIpc) is 2.63. The molecule has 0 radical (unpaired) electrons. The van der Waals surface area contributed by atoms with Gasteiger partial charge in [-0.25, -0.2) is 9.59 Å². The number of anilines is 1. The summed E-state index contributed by atoms with van der Waals surface area (Å²) in [5, 5.41) is 2.72. The molecule has 130 valence electrons. The summed E-state index contributed by atoms with van der Waals surface area (Å²) in [6.07, 6.45) is 0. The standard InChI is InChI=1S/C19H19NO5/c1-3-24-18(22)14-7-5-13(6-8-14)17(21)20-16-11-9-15(10-12-16)19(23)25-4-2/h5-12H,3-4H2,1-2H3,(H,20,21). The van der Waals surface area contributed by atoms with Gasteiger partial charge in [-0.3, -0.25) is 4.79 Å². The Kier molecular flexibility index (Phi) is 6.28. The van der Waals surface area contributed by atoms with Gasteiger partial charge in [0.15, 0.2) is 0 Å². The minimum absolute atomic E-state index is 0.295. The maximum atomic E-state index is 12.2. The zero-order chi connectivity index (χ0) is 18.2. The fourth-order valence-electron chi connectivity index (χ4n) is 2.08. The molecule has 0 saturated heterocycles. The van der Waals surface area contributed by atoms with Crippen LogP contribution in [-0.2, 0) is 9.47 Å². The predicted octanol–water partition coefficient (Wildman–Crippen LogP) is 3.29. The molecular weight excluding hydrogens is 322 g/mol. The molecule has 0 atom stereocenters. The zero-order valence-electron chi connectivity index (χ0n) is 14.1. The molecule has 6 nitrogen and oxygen atoms in total. The number of esters is 2. The largest absolute Gasteiger partial charge is 0.462 e. The van der Waals surface area contributed by atoms with Gasteiger partial charge in [-0.2, -0.15) is 0 Å². The molecule has 0 bridgehead atoms. The van der Waals surface area contributed by atoms with Crippen LogP contribution in [0.1, 0.15) is 44.9 Å². The summed E-state index contributed by atoms with van der Waals surface area (Å²) < 4.78 is 9.80. The third-order valence-corrected chi connectivity index (χ3v) is 3.31. The normalized spacial score (nSPS) is 10.0. The van der Waals surface area contributed by atoms with Gasteiger partial charge in [0.05, 0.1) is 24.3 Å². The topological polar surface area (TPSA) is 81.7 Å². The van der Waals surface area contributed by atoms with Crippen LogP contribution in [0.5, 0.6) is 0 Å². The highest BCUT2D eigenvalue weighted by molar-refractivity contribution is 6.05. The van der Waals surface area contributed by atoms with Gasteiger partial charge in [0.2, 0.25) is 0 Å².